The van der Waals surface area contributed by atoms with E-state index in [0.29, 0.717) is 11.8 Å². The predicted octanol–water partition coefficient (Wildman–Crippen LogP) is 4.31. The van der Waals surface area contributed by atoms with Crippen LogP contribution in [0.1, 0.15) is 62.4 Å². The number of nitrogens with one attached hydrogen (secondary N) is 1. The van der Waals surface area contributed by atoms with Gasteiger partial charge in [0.2, 0.25) is 0 Å². The number of benzene rings is 2. The molecular weight excluding hydrogens is 291 g/mol. The Balaban J connectivity index is 2.09. The van der Waals surface area contributed by atoms with Gasteiger partial charge in [0.15, 0.2) is 0 Å². The molecule has 0 bridgehead atoms. The van der Waals surface area contributed by atoms with E-state index in [-0.39, 0.29) is 6.17 Å². The molecule has 24 heavy (non-hydrogen) atoms. The summed E-state index contributed by atoms with van der Waals surface area (Å²) in [5.74, 6) is 0.944. The van der Waals surface area contributed by atoms with Crippen molar-refractivity contribution in [2.45, 2.75) is 45.7 Å². The van der Waals surface area contributed by atoms with Crippen molar-refractivity contribution in [2.24, 2.45) is 0 Å². The molecular formula is C21H25BN2. The Hall–Kier alpha value is -2.16. The first kappa shape index (κ1) is 16.7. The highest BCUT2D eigenvalue weighted by Crippen LogP contribution is 2.40. The third kappa shape index (κ3) is 3.08. The summed E-state index contributed by atoms with van der Waals surface area (Å²) in [7, 11) is 5.85. The Morgan fingerprint density at radius 2 is 1.50 bits per heavy atom. The van der Waals surface area contributed by atoms with Crippen LogP contribution in [-0.2, 0) is 0 Å². The van der Waals surface area contributed by atoms with Gasteiger partial charge in [0, 0.05) is 18.1 Å². The first-order chi connectivity index (χ1) is 11.5. The zero-order valence-electron chi connectivity index (χ0n) is 15.0. The van der Waals surface area contributed by atoms with E-state index in [1.54, 1.807) is 0 Å². The fourth-order valence-corrected chi connectivity index (χ4v) is 3.33. The minimum absolute atomic E-state index is 0.1000. The molecule has 0 fully saturated rings. The van der Waals surface area contributed by atoms with E-state index in [1.165, 1.54) is 22.4 Å². The van der Waals surface area contributed by atoms with Gasteiger partial charge in [-0.1, -0.05) is 75.6 Å². The summed E-state index contributed by atoms with van der Waals surface area (Å²) in [5, 5.41) is 3.48. The quantitative estimate of drug-likeness (QED) is 0.846. The Bertz CT molecular complexity index is 706. The normalized spacial score (nSPS) is 16.9. The third-order valence-corrected chi connectivity index (χ3v) is 4.62. The highest BCUT2D eigenvalue weighted by atomic mass is 15.3. The maximum absolute atomic E-state index is 5.85. The van der Waals surface area contributed by atoms with E-state index >= 15 is 0 Å². The summed E-state index contributed by atoms with van der Waals surface area (Å²) in [6.45, 7) is 9.03. The van der Waals surface area contributed by atoms with Gasteiger partial charge in [0.1, 0.15) is 14.0 Å². The van der Waals surface area contributed by atoms with Crippen LogP contribution in [0.3, 0.4) is 0 Å². The summed E-state index contributed by atoms with van der Waals surface area (Å²) in [6.07, 6.45) is 4.28. The molecule has 1 aliphatic heterocycles. The highest BCUT2D eigenvalue weighted by molar-refractivity contribution is 6.32. The molecule has 1 N–H and O–H groups in total. The van der Waals surface area contributed by atoms with Crippen molar-refractivity contribution in [3.63, 3.8) is 0 Å². The zero-order valence-corrected chi connectivity index (χ0v) is 15.0. The lowest BCUT2D eigenvalue weighted by Crippen LogP contribution is -2.28. The van der Waals surface area contributed by atoms with Crippen molar-refractivity contribution >= 4 is 19.0 Å². The van der Waals surface area contributed by atoms with E-state index in [2.05, 4.69) is 74.4 Å². The van der Waals surface area contributed by atoms with Gasteiger partial charge < -0.3 is 10.2 Å². The van der Waals surface area contributed by atoms with Crippen LogP contribution in [0.2, 0.25) is 0 Å². The molecule has 0 saturated heterocycles. The van der Waals surface area contributed by atoms with Crippen LogP contribution >= 0.6 is 0 Å². The third-order valence-electron chi connectivity index (χ3n) is 4.62. The van der Waals surface area contributed by atoms with E-state index in [4.69, 9.17) is 7.85 Å². The number of nitrogens with zero attached hydrogens (tertiary/aromatic N) is 1. The molecule has 3 heteroatoms. The van der Waals surface area contributed by atoms with Crippen LogP contribution in [0.4, 0.5) is 5.69 Å². The summed E-state index contributed by atoms with van der Waals surface area (Å²) in [4.78, 5) is 2.36. The SMILES string of the molecule is [B]c1ccc(C2NC=CN2c2c(C(C)C)cccc2C(C)C)cc1. The fourth-order valence-electron chi connectivity index (χ4n) is 3.33. The Labute approximate surface area is 147 Å². The van der Waals surface area contributed by atoms with Gasteiger partial charge >= 0.3 is 0 Å². The van der Waals surface area contributed by atoms with Gasteiger partial charge in [0.05, 0.1) is 0 Å². The number of hydrogen-bond donors (Lipinski definition) is 1. The molecule has 2 aromatic carbocycles. The van der Waals surface area contributed by atoms with E-state index < -0.39 is 0 Å². The molecule has 1 aliphatic rings. The van der Waals surface area contributed by atoms with Crippen LogP contribution < -0.4 is 15.7 Å². The molecule has 0 aromatic heterocycles. The molecule has 0 spiro atoms. The average Bonchev–Trinajstić information content (AvgIpc) is 3.03. The smallest absolute Gasteiger partial charge is 0.129 e. The first-order valence-corrected chi connectivity index (χ1v) is 8.68. The van der Waals surface area contributed by atoms with Crippen molar-refractivity contribution in [1.82, 2.24) is 5.32 Å². The molecule has 1 heterocycles. The van der Waals surface area contributed by atoms with E-state index in [1.807, 2.05) is 18.3 Å². The average molecular weight is 316 g/mol. The highest BCUT2D eigenvalue weighted by Gasteiger charge is 2.27. The topological polar surface area (TPSA) is 15.3 Å². The van der Waals surface area contributed by atoms with Crippen LogP contribution in [0.25, 0.3) is 0 Å². The van der Waals surface area contributed by atoms with Crippen molar-refractivity contribution < 1.29 is 0 Å². The lowest BCUT2D eigenvalue weighted by Gasteiger charge is -2.32. The second kappa shape index (κ2) is 6.76. The second-order valence-electron chi connectivity index (χ2n) is 7.05. The molecule has 0 amide bonds. The minimum Gasteiger partial charge on any atom is -0.366 e. The second-order valence-corrected chi connectivity index (χ2v) is 7.05. The fraction of sp³-hybridized carbons (Fsp3) is 0.333. The summed E-state index contributed by atoms with van der Waals surface area (Å²) in [6, 6.07) is 14.8. The molecule has 2 radical (unpaired) electrons. The molecule has 1 unspecified atom stereocenters. The summed E-state index contributed by atoms with van der Waals surface area (Å²) < 4.78 is 0. The molecule has 0 aliphatic carbocycles. The number of para-hydroxylation sites is 1. The van der Waals surface area contributed by atoms with Gasteiger partial charge in [-0.05, 0) is 28.5 Å². The number of hydrogen-bond acceptors (Lipinski definition) is 2. The van der Waals surface area contributed by atoms with Crippen molar-refractivity contribution in [1.29, 1.82) is 0 Å². The van der Waals surface area contributed by atoms with Crippen LogP contribution in [-0.4, -0.2) is 7.85 Å². The maximum Gasteiger partial charge on any atom is 0.129 e. The zero-order chi connectivity index (χ0) is 17.3. The van der Waals surface area contributed by atoms with E-state index in [0.717, 1.165) is 5.46 Å². The lowest BCUT2D eigenvalue weighted by molar-refractivity contribution is 0.657. The number of anilines is 1. The molecule has 0 saturated carbocycles. The Morgan fingerprint density at radius 1 is 0.917 bits per heavy atom. The van der Waals surface area contributed by atoms with Crippen LogP contribution in [0, 0.1) is 0 Å². The molecule has 122 valence electrons. The van der Waals surface area contributed by atoms with Gasteiger partial charge in [-0.2, -0.15) is 0 Å². The molecule has 3 rings (SSSR count). The Kier molecular flexibility index (Phi) is 4.70. The van der Waals surface area contributed by atoms with Gasteiger partial charge in [-0.3, -0.25) is 0 Å². The van der Waals surface area contributed by atoms with Crippen LogP contribution in [0.15, 0.2) is 54.9 Å². The van der Waals surface area contributed by atoms with Crippen molar-refractivity contribution in [2.75, 3.05) is 4.90 Å². The summed E-state index contributed by atoms with van der Waals surface area (Å²) in [5.41, 5.74) is 6.10. The molecule has 2 aromatic rings. The molecule has 1 atom stereocenters. The largest absolute Gasteiger partial charge is 0.366 e. The maximum atomic E-state index is 5.85. The lowest BCUT2D eigenvalue weighted by atomic mass is 9.91. The monoisotopic (exact) mass is 316 g/mol. The first-order valence-electron chi connectivity index (χ1n) is 8.68. The van der Waals surface area contributed by atoms with Gasteiger partial charge in [0.25, 0.3) is 0 Å². The minimum atomic E-state index is 0.1000. The van der Waals surface area contributed by atoms with Crippen LogP contribution in [0.5, 0.6) is 0 Å². The van der Waals surface area contributed by atoms with Crippen molar-refractivity contribution in [3.05, 3.63) is 71.6 Å². The van der Waals surface area contributed by atoms with Crippen molar-refractivity contribution in [3.8, 4) is 0 Å². The standard InChI is InChI=1S/C21H25BN2/c1-14(2)18-6-5-7-19(15(3)4)20(18)24-13-12-23-21(24)16-8-10-17(22)11-9-16/h5-15,21,23H,1-4H3. The van der Waals surface area contributed by atoms with E-state index in [9.17, 15) is 0 Å². The van der Waals surface area contributed by atoms with Gasteiger partial charge in [-0.25, -0.2) is 0 Å². The van der Waals surface area contributed by atoms with Gasteiger partial charge in [-0.15, -0.1) is 0 Å². The molecule has 2 nitrogen and oxygen atoms in total. The number of rotatable bonds is 4. The Morgan fingerprint density at radius 3 is 2.04 bits per heavy atom. The summed E-state index contributed by atoms with van der Waals surface area (Å²) >= 11 is 0. The predicted molar refractivity (Wildman–Crippen MR) is 104 cm³/mol.